The summed E-state index contributed by atoms with van der Waals surface area (Å²) in [5.41, 5.74) is 0.759. The predicted octanol–water partition coefficient (Wildman–Crippen LogP) is 4.55. The first-order chi connectivity index (χ1) is 16.3. The van der Waals surface area contributed by atoms with Crippen molar-refractivity contribution >= 4 is 17.6 Å². The van der Waals surface area contributed by atoms with E-state index in [0.717, 1.165) is 25.2 Å². The Bertz CT molecular complexity index is 1190. The summed E-state index contributed by atoms with van der Waals surface area (Å²) < 4.78 is 21.2. The van der Waals surface area contributed by atoms with Gasteiger partial charge in [0.05, 0.1) is 6.20 Å². The summed E-state index contributed by atoms with van der Waals surface area (Å²) in [4.78, 5) is 30.6. The van der Waals surface area contributed by atoms with Crippen molar-refractivity contribution < 1.29 is 13.9 Å². The van der Waals surface area contributed by atoms with Gasteiger partial charge in [-0.05, 0) is 70.6 Å². The molecule has 1 saturated heterocycles. The number of nitrogens with zero attached hydrogens (tertiary/aromatic N) is 6. The number of anilines is 1. The van der Waals surface area contributed by atoms with E-state index in [1.54, 1.807) is 22.9 Å². The van der Waals surface area contributed by atoms with Gasteiger partial charge < -0.3 is 14.5 Å². The molecule has 180 valence electrons. The summed E-state index contributed by atoms with van der Waals surface area (Å²) >= 11 is 0. The van der Waals surface area contributed by atoms with E-state index >= 15 is 0 Å². The highest BCUT2D eigenvalue weighted by molar-refractivity contribution is 5.68. The fraction of sp³-hybridized carbons (Fsp3) is 0.520. The number of aromatic nitrogens is 4. The highest BCUT2D eigenvalue weighted by Gasteiger charge is 2.34. The number of amides is 1. The van der Waals surface area contributed by atoms with Crippen molar-refractivity contribution in [1.29, 1.82) is 0 Å². The minimum absolute atomic E-state index is 0.143. The van der Waals surface area contributed by atoms with E-state index in [4.69, 9.17) is 9.72 Å². The number of imidazole rings is 1. The highest BCUT2D eigenvalue weighted by atomic mass is 19.1. The standard InChI is InChI=1S/C25H31FN6O2/c1-25(2,3)34-24(33)30-12-4-5-19(16-30)31(14-17-6-7-17)22-10-11-27-23(29-22)20-13-28-21-9-8-18(26)15-32(20)21/h8-11,13,15,17,19H,4-7,12,14,16H2,1-3H3. The summed E-state index contributed by atoms with van der Waals surface area (Å²) in [7, 11) is 0. The Hall–Kier alpha value is -3.23. The van der Waals surface area contributed by atoms with Gasteiger partial charge >= 0.3 is 6.09 Å². The molecule has 5 rings (SSSR count). The quantitative estimate of drug-likeness (QED) is 0.549. The third kappa shape index (κ3) is 4.98. The van der Waals surface area contributed by atoms with Crippen LogP contribution < -0.4 is 4.90 Å². The second-order valence-electron chi connectivity index (χ2n) is 10.3. The molecule has 8 nitrogen and oxygen atoms in total. The number of carbonyl (C=O) groups is 1. The van der Waals surface area contributed by atoms with Crippen LogP contribution in [0.15, 0.2) is 36.8 Å². The van der Waals surface area contributed by atoms with E-state index in [2.05, 4.69) is 14.9 Å². The normalized spacial score (nSPS) is 18.8. The maximum absolute atomic E-state index is 13.9. The van der Waals surface area contributed by atoms with Crippen LogP contribution in [0.5, 0.6) is 0 Å². The summed E-state index contributed by atoms with van der Waals surface area (Å²) in [5, 5.41) is 0. The summed E-state index contributed by atoms with van der Waals surface area (Å²) in [5.74, 6) is 1.61. The van der Waals surface area contributed by atoms with Crippen molar-refractivity contribution in [2.24, 2.45) is 5.92 Å². The maximum atomic E-state index is 13.9. The topological polar surface area (TPSA) is 75.9 Å². The SMILES string of the molecule is CC(C)(C)OC(=O)N1CCCC(N(CC2CC2)c2ccnc(-c3cnc4ccc(F)cn34)n2)C1. The van der Waals surface area contributed by atoms with E-state index in [-0.39, 0.29) is 18.0 Å². The molecule has 1 aliphatic heterocycles. The van der Waals surface area contributed by atoms with Crippen molar-refractivity contribution in [1.82, 2.24) is 24.3 Å². The summed E-state index contributed by atoms with van der Waals surface area (Å²) in [6.07, 6.45) is 8.86. The molecule has 34 heavy (non-hydrogen) atoms. The number of halogens is 1. The maximum Gasteiger partial charge on any atom is 0.410 e. The average molecular weight is 467 g/mol. The zero-order valence-corrected chi connectivity index (χ0v) is 19.9. The third-order valence-electron chi connectivity index (χ3n) is 6.27. The van der Waals surface area contributed by atoms with Crippen LogP contribution in [0.3, 0.4) is 0 Å². The van der Waals surface area contributed by atoms with E-state index in [9.17, 15) is 9.18 Å². The molecular weight excluding hydrogens is 435 g/mol. The number of piperidine rings is 1. The molecule has 2 fully saturated rings. The smallest absolute Gasteiger partial charge is 0.410 e. The largest absolute Gasteiger partial charge is 0.444 e. The van der Waals surface area contributed by atoms with Crippen LogP contribution in [0.1, 0.15) is 46.5 Å². The third-order valence-corrected chi connectivity index (χ3v) is 6.27. The number of hydrogen-bond donors (Lipinski definition) is 0. The molecule has 3 aromatic rings. The molecule has 1 saturated carbocycles. The Labute approximate surface area is 198 Å². The van der Waals surface area contributed by atoms with Crippen molar-refractivity contribution in [2.75, 3.05) is 24.5 Å². The van der Waals surface area contributed by atoms with Crippen molar-refractivity contribution in [3.8, 4) is 11.5 Å². The Kier molecular flexibility index (Phi) is 5.87. The fourth-order valence-electron chi connectivity index (χ4n) is 4.46. The van der Waals surface area contributed by atoms with Crippen LogP contribution in [0.4, 0.5) is 15.0 Å². The van der Waals surface area contributed by atoms with Crippen LogP contribution >= 0.6 is 0 Å². The van der Waals surface area contributed by atoms with Gasteiger partial charge in [-0.15, -0.1) is 0 Å². The van der Waals surface area contributed by atoms with Crippen LogP contribution in [0.2, 0.25) is 0 Å². The second-order valence-corrected chi connectivity index (χ2v) is 10.3. The fourth-order valence-corrected chi connectivity index (χ4v) is 4.46. The molecular formula is C25H31FN6O2. The molecule has 2 aliphatic rings. The number of pyridine rings is 1. The lowest BCUT2D eigenvalue weighted by Gasteiger charge is -2.40. The Morgan fingerprint density at radius 2 is 2.03 bits per heavy atom. The van der Waals surface area contributed by atoms with Crippen LogP contribution in [0, 0.1) is 11.7 Å². The Morgan fingerprint density at radius 3 is 2.79 bits per heavy atom. The van der Waals surface area contributed by atoms with E-state index in [0.29, 0.717) is 36.2 Å². The van der Waals surface area contributed by atoms with Gasteiger partial charge in [0.25, 0.3) is 0 Å². The van der Waals surface area contributed by atoms with Gasteiger partial charge in [-0.25, -0.2) is 24.1 Å². The first-order valence-electron chi connectivity index (χ1n) is 12.0. The van der Waals surface area contributed by atoms with Crippen LogP contribution in [-0.4, -0.2) is 61.6 Å². The molecule has 1 unspecified atom stereocenters. The number of fused-ring (bicyclic) bond motifs is 1. The van der Waals surface area contributed by atoms with Gasteiger partial charge in [0.15, 0.2) is 5.82 Å². The summed E-state index contributed by atoms with van der Waals surface area (Å²) in [6.45, 7) is 7.86. The lowest BCUT2D eigenvalue weighted by atomic mass is 10.0. The van der Waals surface area contributed by atoms with E-state index in [1.165, 1.54) is 25.1 Å². The predicted molar refractivity (Wildman–Crippen MR) is 127 cm³/mol. The van der Waals surface area contributed by atoms with E-state index < -0.39 is 5.60 Å². The van der Waals surface area contributed by atoms with Crippen molar-refractivity contribution in [3.05, 3.63) is 42.6 Å². The minimum Gasteiger partial charge on any atom is -0.444 e. The number of hydrogen-bond acceptors (Lipinski definition) is 6. The number of carbonyl (C=O) groups excluding carboxylic acids is 1. The minimum atomic E-state index is -0.521. The van der Waals surface area contributed by atoms with Gasteiger partial charge in [0.1, 0.15) is 28.6 Å². The molecule has 0 spiro atoms. The molecule has 1 amide bonds. The molecule has 1 aliphatic carbocycles. The van der Waals surface area contributed by atoms with Crippen LogP contribution in [-0.2, 0) is 4.74 Å². The molecule has 0 aromatic carbocycles. The molecule has 4 heterocycles. The van der Waals surface area contributed by atoms with Crippen molar-refractivity contribution in [3.63, 3.8) is 0 Å². The van der Waals surface area contributed by atoms with Crippen molar-refractivity contribution in [2.45, 2.75) is 58.1 Å². The number of rotatable bonds is 5. The van der Waals surface area contributed by atoms with Gasteiger partial charge in [-0.1, -0.05) is 0 Å². The summed E-state index contributed by atoms with van der Waals surface area (Å²) in [6, 6.07) is 5.09. The highest BCUT2D eigenvalue weighted by Crippen LogP contribution is 2.34. The van der Waals surface area contributed by atoms with Gasteiger partial charge in [-0.2, -0.15) is 0 Å². The molecule has 0 N–H and O–H groups in total. The molecule has 1 atom stereocenters. The first-order valence-corrected chi connectivity index (χ1v) is 12.0. The molecule has 0 radical (unpaired) electrons. The van der Waals surface area contributed by atoms with Gasteiger partial charge in [0.2, 0.25) is 0 Å². The molecule has 0 bridgehead atoms. The zero-order valence-electron chi connectivity index (χ0n) is 19.9. The Morgan fingerprint density at radius 1 is 1.21 bits per heavy atom. The second kappa shape index (κ2) is 8.85. The van der Waals surface area contributed by atoms with Gasteiger partial charge in [-0.3, -0.25) is 4.40 Å². The number of likely N-dealkylation sites (tertiary alicyclic amines) is 1. The van der Waals surface area contributed by atoms with Gasteiger partial charge in [0, 0.05) is 38.1 Å². The van der Waals surface area contributed by atoms with E-state index in [1.807, 2.05) is 31.7 Å². The first kappa shape index (κ1) is 22.6. The average Bonchev–Trinajstić information content (AvgIpc) is 3.53. The molecule has 9 heteroatoms. The lowest BCUT2D eigenvalue weighted by Crippen LogP contribution is -2.51. The zero-order chi connectivity index (χ0) is 23.9. The monoisotopic (exact) mass is 466 g/mol. The number of ether oxygens (including phenoxy) is 1. The van der Waals surface area contributed by atoms with Crippen LogP contribution in [0.25, 0.3) is 17.2 Å². The molecule has 3 aromatic heterocycles. The Balaban J connectivity index is 1.42. The lowest BCUT2D eigenvalue weighted by molar-refractivity contribution is 0.0197.